The van der Waals surface area contributed by atoms with E-state index in [0.717, 1.165) is 12.3 Å². The van der Waals surface area contributed by atoms with Crippen molar-refractivity contribution in [2.75, 3.05) is 4.72 Å². The number of rotatable bonds is 5. The monoisotopic (exact) mass is 363 g/mol. The summed E-state index contributed by atoms with van der Waals surface area (Å²) < 4.78 is 66.4. The first-order valence-corrected chi connectivity index (χ1v) is 8.02. The zero-order valence-corrected chi connectivity index (χ0v) is 13.0. The number of halogens is 3. The van der Waals surface area contributed by atoms with E-state index < -0.39 is 39.0 Å². The summed E-state index contributed by atoms with van der Waals surface area (Å²) in [6.45, 7) is 2.15. The first-order chi connectivity index (χ1) is 11.0. The molecule has 0 aliphatic carbocycles. The summed E-state index contributed by atoms with van der Waals surface area (Å²) in [5, 5.41) is 12.6. The number of carbonyl (C=O) groups is 1. The first kappa shape index (κ1) is 17.8. The SMILES string of the molecule is CCn1cc(S(=O)(=O)Nc2ccc(C(=O)O)c(C(F)(F)F)c2)cn1. The third-order valence-corrected chi connectivity index (χ3v) is 4.39. The zero-order valence-electron chi connectivity index (χ0n) is 12.2. The molecule has 130 valence electrons. The van der Waals surface area contributed by atoms with E-state index in [1.807, 2.05) is 4.72 Å². The van der Waals surface area contributed by atoms with Crippen LogP contribution in [0.3, 0.4) is 0 Å². The number of hydrogen-bond donors (Lipinski definition) is 2. The molecule has 0 saturated carbocycles. The van der Waals surface area contributed by atoms with Crippen LogP contribution in [0.4, 0.5) is 18.9 Å². The molecule has 0 aliphatic rings. The van der Waals surface area contributed by atoms with Gasteiger partial charge in [-0.25, -0.2) is 13.2 Å². The van der Waals surface area contributed by atoms with Crippen LogP contribution >= 0.6 is 0 Å². The molecule has 2 N–H and O–H groups in total. The van der Waals surface area contributed by atoms with Crippen LogP contribution in [0.2, 0.25) is 0 Å². The molecular weight excluding hydrogens is 351 g/mol. The maximum Gasteiger partial charge on any atom is 0.417 e. The molecule has 24 heavy (non-hydrogen) atoms. The number of sulfonamides is 1. The number of carboxylic acids is 1. The number of hydrogen-bond acceptors (Lipinski definition) is 4. The molecule has 0 atom stereocenters. The summed E-state index contributed by atoms with van der Waals surface area (Å²) >= 11 is 0. The predicted molar refractivity (Wildman–Crippen MR) is 77.1 cm³/mol. The van der Waals surface area contributed by atoms with Crippen molar-refractivity contribution in [3.05, 3.63) is 41.7 Å². The summed E-state index contributed by atoms with van der Waals surface area (Å²) in [5.74, 6) is -1.76. The minimum absolute atomic E-state index is 0.222. The summed E-state index contributed by atoms with van der Waals surface area (Å²) in [4.78, 5) is 10.7. The Hall–Kier alpha value is -2.56. The highest BCUT2D eigenvalue weighted by Crippen LogP contribution is 2.34. The molecule has 0 amide bonds. The molecule has 0 fully saturated rings. The van der Waals surface area contributed by atoms with Gasteiger partial charge in [0.25, 0.3) is 10.0 Å². The van der Waals surface area contributed by atoms with Crippen molar-refractivity contribution in [3.63, 3.8) is 0 Å². The predicted octanol–water partition coefficient (Wildman–Crippen LogP) is 2.42. The van der Waals surface area contributed by atoms with E-state index in [9.17, 15) is 26.4 Å². The van der Waals surface area contributed by atoms with Crippen LogP contribution in [0, 0.1) is 0 Å². The van der Waals surface area contributed by atoms with Gasteiger partial charge in [0.15, 0.2) is 0 Å². The fraction of sp³-hybridized carbons (Fsp3) is 0.231. The number of anilines is 1. The molecule has 1 aromatic carbocycles. The average molecular weight is 363 g/mol. The molecule has 1 aromatic heterocycles. The van der Waals surface area contributed by atoms with Crippen molar-refractivity contribution in [1.82, 2.24) is 9.78 Å². The number of nitrogens with one attached hydrogen (secondary N) is 1. The van der Waals surface area contributed by atoms with Crippen LogP contribution in [-0.2, 0) is 22.7 Å². The quantitative estimate of drug-likeness (QED) is 0.850. The Labute approximate surface area is 134 Å². The third-order valence-electron chi connectivity index (χ3n) is 3.05. The van der Waals surface area contributed by atoms with Crippen LogP contribution in [0.5, 0.6) is 0 Å². The smallest absolute Gasteiger partial charge is 0.417 e. The van der Waals surface area contributed by atoms with Gasteiger partial charge in [0.2, 0.25) is 0 Å². The number of carboxylic acid groups (broad SMARTS) is 1. The van der Waals surface area contributed by atoms with Crippen molar-refractivity contribution < 1.29 is 31.5 Å². The Morgan fingerprint density at radius 1 is 1.38 bits per heavy atom. The van der Waals surface area contributed by atoms with Crippen LogP contribution < -0.4 is 4.72 Å². The maximum atomic E-state index is 12.9. The van der Waals surface area contributed by atoms with Crippen molar-refractivity contribution >= 4 is 21.7 Å². The summed E-state index contributed by atoms with van der Waals surface area (Å²) in [7, 11) is -4.15. The highest BCUT2D eigenvalue weighted by molar-refractivity contribution is 7.92. The normalized spacial score (nSPS) is 12.2. The van der Waals surface area contributed by atoms with Gasteiger partial charge in [0.1, 0.15) is 4.90 Å². The molecule has 0 aliphatic heterocycles. The molecule has 1 heterocycles. The van der Waals surface area contributed by atoms with Crippen LogP contribution in [0.1, 0.15) is 22.8 Å². The molecule has 0 bridgehead atoms. The third kappa shape index (κ3) is 3.67. The van der Waals surface area contributed by atoms with Gasteiger partial charge in [-0.05, 0) is 25.1 Å². The van der Waals surface area contributed by atoms with E-state index >= 15 is 0 Å². The lowest BCUT2D eigenvalue weighted by Gasteiger charge is -2.13. The van der Waals surface area contributed by atoms with Crippen molar-refractivity contribution in [2.45, 2.75) is 24.5 Å². The van der Waals surface area contributed by atoms with Gasteiger partial charge >= 0.3 is 12.1 Å². The number of aryl methyl sites for hydroxylation is 1. The second kappa shape index (κ2) is 6.15. The van der Waals surface area contributed by atoms with Gasteiger partial charge in [-0.3, -0.25) is 9.40 Å². The molecule has 0 saturated heterocycles. The summed E-state index contributed by atoms with van der Waals surface area (Å²) in [5.41, 5.74) is -2.82. The maximum absolute atomic E-state index is 12.9. The second-order valence-corrected chi connectivity index (χ2v) is 6.38. The lowest BCUT2D eigenvalue weighted by atomic mass is 10.1. The Morgan fingerprint density at radius 2 is 2.04 bits per heavy atom. The first-order valence-electron chi connectivity index (χ1n) is 6.54. The van der Waals surface area contributed by atoms with E-state index in [1.165, 1.54) is 10.9 Å². The lowest BCUT2D eigenvalue weighted by Crippen LogP contribution is -2.16. The Bertz CT molecular complexity index is 875. The van der Waals surface area contributed by atoms with Crippen LogP contribution in [0.15, 0.2) is 35.5 Å². The van der Waals surface area contributed by atoms with Crippen molar-refractivity contribution in [2.24, 2.45) is 0 Å². The van der Waals surface area contributed by atoms with Gasteiger partial charge in [-0.15, -0.1) is 0 Å². The highest BCUT2D eigenvalue weighted by Gasteiger charge is 2.36. The van der Waals surface area contributed by atoms with Gasteiger partial charge in [0, 0.05) is 18.4 Å². The van der Waals surface area contributed by atoms with Crippen molar-refractivity contribution in [3.8, 4) is 0 Å². The van der Waals surface area contributed by atoms with E-state index in [2.05, 4.69) is 5.10 Å². The van der Waals surface area contributed by atoms with Crippen LogP contribution in [0.25, 0.3) is 0 Å². The van der Waals surface area contributed by atoms with Gasteiger partial charge in [-0.1, -0.05) is 0 Å². The zero-order chi connectivity index (χ0) is 18.1. The second-order valence-electron chi connectivity index (χ2n) is 4.70. The molecule has 11 heteroatoms. The molecule has 0 spiro atoms. The topological polar surface area (TPSA) is 101 Å². The number of benzene rings is 1. The standard InChI is InChI=1S/C13H12F3N3O4S/c1-2-19-7-9(6-17-19)24(22,23)18-8-3-4-10(12(20)21)11(5-8)13(14,15)16/h3-7,18H,2H2,1H3,(H,20,21). The largest absolute Gasteiger partial charge is 0.478 e. The van der Waals surface area contributed by atoms with E-state index in [0.29, 0.717) is 18.7 Å². The Morgan fingerprint density at radius 3 is 2.54 bits per heavy atom. The van der Waals surface area contributed by atoms with Gasteiger partial charge < -0.3 is 5.11 Å². The minimum atomic E-state index is -4.94. The number of nitrogens with zero attached hydrogens (tertiary/aromatic N) is 2. The average Bonchev–Trinajstić information content (AvgIpc) is 2.95. The highest BCUT2D eigenvalue weighted by atomic mass is 32.2. The summed E-state index contributed by atoms with van der Waals surface area (Å²) in [6, 6.07) is 2.07. The lowest BCUT2D eigenvalue weighted by molar-refractivity contribution is -0.138. The van der Waals surface area contributed by atoms with Crippen LogP contribution in [-0.4, -0.2) is 29.3 Å². The molecule has 0 unspecified atom stereocenters. The fourth-order valence-corrected chi connectivity index (χ4v) is 2.90. The molecule has 7 nitrogen and oxygen atoms in total. The van der Waals surface area contributed by atoms with Gasteiger partial charge in [0.05, 0.1) is 17.3 Å². The number of alkyl halides is 3. The number of aromatic carboxylic acids is 1. The van der Waals surface area contributed by atoms with Crippen molar-refractivity contribution in [1.29, 1.82) is 0 Å². The summed E-state index contributed by atoms with van der Waals surface area (Å²) in [6.07, 6.45) is -2.66. The van der Waals surface area contributed by atoms with Gasteiger partial charge in [-0.2, -0.15) is 18.3 Å². The van der Waals surface area contributed by atoms with E-state index in [1.54, 1.807) is 6.92 Å². The fourth-order valence-electron chi connectivity index (χ4n) is 1.90. The Kier molecular flexibility index (Phi) is 4.56. The minimum Gasteiger partial charge on any atom is -0.478 e. The Balaban J connectivity index is 2.41. The molecular formula is C13H12F3N3O4S. The van der Waals surface area contributed by atoms with E-state index in [4.69, 9.17) is 5.11 Å². The molecule has 0 radical (unpaired) electrons. The van der Waals surface area contributed by atoms with E-state index in [-0.39, 0.29) is 4.90 Å². The number of aromatic nitrogens is 2. The molecule has 2 rings (SSSR count). The molecule has 2 aromatic rings.